The summed E-state index contributed by atoms with van der Waals surface area (Å²) in [6.07, 6.45) is 18.8. The number of ether oxygens (including phenoxy) is 1. The van der Waals surface area contributed by atoms with Crippen LogP contribution in [0, 0.1) is 0 Å². The van der Waals surface area contributed by atoms with Gasteiger partial charge >= 0.3 is 0 Å². The third-order valence-corrected chi connectivity index (χ3v) is 4.68. The van der Waals surface area contributed by atoms with Crippen molar-refractivity contribution in [2.75, 3.05) is 0 Å². The lowest BCUT2D eigenvalue weighted by atomic mass is 9.89. The summed E-state index contributed by atoms with van der Waals surface area (Å²) in [7, 11) is 0. The molecule has 1 heterocycles. The average molecular weight is 238 g/mol. The van der Waals surface area contributed by atoms with Gasteiger partial charge < -0.3 is 4.74 Å². The molecule has 1 saturated heterocycles. The maximum Gasteiger partial charge on any atom is 0.0948 e. The van der Waals surface area contributed by atoms with Crippen LogP contribution in [0.15, 0.2) is 0 Å². The van der Waals surface area contributed by atoms with E-state index in [2.05, 4.69) is 6.92 Å². The van der Waals surface area contributed by atoms with E-state index >= 15 is 0 Å². The molecule has 0 aromatic rings. The monoisotopic (exact) mass is 238 g/mol. The van der Waals surface area contributed by atoms with Crippen LogP contribution >= 0.6 is 0 Å². The summed E-state index contributed by atoms with van der Waals surface area (Å²) < 4.78 is 6.12. The van der Waals surface area contributed by atoms with E-state index in [1.807, 2.05) is 0 Å². The second-order valence-corrected chi connectivity index (χ2v) is 6.14. The Balaban J connectivity index is 1.79. The molecular formula is C16H30O. The van der Waals surface area contributed by atoms with Crippen LogP contribution in [0.4, 0.5) is 0 Å². The molecule has 0 bridgehead atoms. The summed E-state index contributed by atoms with van der Waals surface area (Å²) in [6.45, 7) is 2.30. The summed E-state index contributed by atoms with van der Waals surface area (Å²) in [5.41, 5.74) is 0.342. The van der Waals surface area contributed by atoms with Crippen LogP contribution in [0.1, 0.15) is 90.4 Å². The molecule has 100 valence electrons. The van der Waals surface area contributed by atoms with Gasteiger partial charge in [0.25, 0.3) is 0 Å². The maximum absolute atomic E-state index is 6.12. The Bertz CT molecular complexity index is 212. The summed E-state index contributed by atoms with van der Waals surface area (Å²) in [5.74, 6) is 0. The van der Waals surface area contributed by atoms with Gasteiger partial charge in [0, 0.05) is 0 Å². The Morgan fingerprint density at radius 1 is 0.941 bits per heavy atom. The zero-order valence-electron chi connectivity index (χ0n) is 11.7. The lowest BCUT2D eigenvalue weighted by Crippen LogP contribution is -2.15. The predicted molar refractivity (Wildman–Crippen MR) is 73.3 cm³/mol. The summed E-state index contributed by atoms with van der Waals surface area (Å²) >= 11 is 0. The molecule has 17 heavy (non-hydrogen) atoms. The van der Waals surface area contributed by atoms with Crippen molar-refractivity contribution in [1.82, 2.24) is 0 Å². The molecule has 0 radical (unpaired) electrons. The van der Waals surface area contributed by atoms with Crippen LogP contribution in [0.5, 0.6) is 0 Å². The van der Waals surface area contributed by atoms with Crippen molar-refractivity contribution in [3.05, 3.63) is 0 Å². The molecule has 2 fully saturated rings. The summed E-state index contributed by atoms with van der Waals surface area (Å²) in [4.78, 5) is 0. The molecule has 2 unspecified atom stereocenters. The minimum atomic E-state index is 0.342. The largest absolute Gasteiger partial charge is 0.366 e. The van der Waals surface area contributed by atoms with Gasteiger partial charge in [-0.25, -0.2) is 0 Å². The smallest absolute Gasteiger partial charge is 0.0948 e. The van der Waals surface area contributed by atoms with Crippen LogP contribution in [-0.4, -0.2) is 11.7 Å². The first-order valence-electron chi connectivity index (χ1n) is 8.05. The minimum Gasteiger partial charge on any atom is -0.366 e. The van der Waals surface area contributed by atoms with E-state index in [0.29, 0.717) is 11.7 Å². The zero-order valence-corrected chi connectivity index (χ0v) is 11.7. The Hall–Kier alpha value is -0.0400. The maximum atomic E-state index is 6.12. The van der Waals surface area contributed by atoms with E-state index < -0.39 is 0 Å². The molecule has 2 atom stereocenters. The standard InChI is InChI=1S/C16H30O/c1-2-3-13-16-14-11-9-7-5-4-6-8-10-12-15(16)17-16/h15H,2-14H2,1H3. The molecule has 1 aliphatic carbocycles. The van der Waals surface area contributed by atoms with Crippen LogP contribution in [0.3, 0.4) is 0 Å². The molecule has 0 amide bonds. The molecule has 1 saturated carbocycles. The van der Waals surface area contributed by atoms with Crippen molar-refractivity contribution in [3.63, 3.8) is 0 Å². The van der Waals surface area contributed by atoms with Gasteiger partial charge in [0.15, 0.2) is 0 Å². The second kappa shape index (κ2) is 6.78. The fraction of sp³-hybridized carbons (Fsp3) is 1.00. The molecule has 2 rings (SSSR count). The molecular weight excluding hydrogens is 208 g/mol. The molecule has 0 N–H and O–H groups in total. The Labute approximate surface area is 107 Å². The molecule has 0 spiro atoms. The number of hydrogen-bond acceptors (Lipinski definition) is 1. The number of fused-ring (bicyclic) bond motifs is 1. The Morgan fingerprint density at radius 2 is 1.59 bits per heavy atom. The third-order valence-electron chi connectivity index (χ3n) is 4.68. The second-order valence-electron chi connectivity index (χ2n) is 6.14. The van der Waals surface area contributed by atoms with Gasteiger partial charge in [-0.2, -0.15) is 0 Å². The number of rotatable bonds is 3. The van der Waals surface area contributed by atoms with E-state index in [1.165, 1.54) is 83.5 Å². The van der Waals surface area contributed by atoms with Gasteiger partial charge in [-0.15, -0.1) is 0 Å². The van der Waals surface area contributed by atoms with Gasteiger partial charge in [0.05, 0.1) is 11.7 Å². The van der Waals surface area contributed by atoms with Gasteiger partial charge in [-0.3, -0.25) is 0 Å². The van der Waals surface area contributed by atoms with Crippen LogP contribution < -0.4 is 0 Å². The molecule has 1 aliphatic heterocycles. The SMILES string of the molecule is CCCCC12CCCCCCCCCCC1O2. The fourth-order valence-corrected chi connectivity index (χ4v) is 3.43. The number of epoxide rings is 1. The van der Waals surface area contributed by atoms with Gasteiger partial charge in [0.2, 0.25) is 0 Å². The highest BCUT2D eigenvalue weighted by molar-refractivity contribution is 5.02. The van der Waals surface area contributed by atoms with Crippen molar-refractivity contribution < 1.29 is 4.74 Å². The van der Waals surface area contributed by atoms with Gasteiger partial charge in [-0.05, 0) is 19.3 Å². The summed E-state index contributed by atoms with van der Waals surface area (Å²) in [5, 5.41) is 0. The van der Waals surface area contributed by atoms with Crippen molar-refractivity contribution in [1.29, 1.82) is 0 Å². The van der Waals surface area contributed by atoms with Crippen molar-refractivity contribution in [3.8, 4) is 0 Å². The zero-order chi connectivity index (χ0) is 12.0. The Kier molecular flexibility index (Phi) is 5.34. The topological polar surface area (TPSA) is 12.5 Å². The van der Waals surface area contributed by atoms with E-state index in [9.17, 15) is 0 Å². The van der Waals surface area contributed by atoms with Crippen molar-refractivity contribution in [2.45, 2.75) is 102 Å². The normalized spacial score (nSPS) is 35.5. The predicted octanol–water partition coefficient (Wildman–Crippen LogP) is 5.23. The molecule has 0 aromatic heterocycles. The molecule has 1 heteroatoms. The van der Waals surface area contributed by atoms with Crippen LogP contribution in [0.2, 0.25) is 0 Å². The minimum absolute atomic E-state index is 0.342. The van der Waals surface area contributed by atoms with E-state index in [-0.39, 0.29) is 0 Å². The van der Waals surface area contributed by atoms with E-state index in [0.717, 1.165) is 0 Å². The first kappa shape index (κ1) is 13.4. The first-order chi connectivity index (χ1) is 8.37. The molecule has 2 aliphatic rings. The highest BCUT2D eigenvalue weighted by atomic mass is 16.6. The Morgan fingerprint density at radius 3 is 2.29 bits per heavy atom. The first-order valence-corrected chi connectivity index (χ1v) is 8.05. The summed E-state index contributed by atoms with van der Waals surface area (Å²) in [6, 6.07) is 0. The highest BCUT2D eigenvalue weighted by Crippen LogP contribution is 2.47. The van der Waals surface area contributed by atoms with Crippen LogP contribution in [-0.2, 0) is 4.74 Å². The van der Waals surface area contributed by atoms with Crippen molar-refractivity contribution in [2.24, 2.45) is 0 Å². The highest BCUT2D eigenvalue weighted by Gasteiger charge is 2.53. The lowest BCUT2D eigenvalue weighted by molar-refractivity contribution is 0.255. The van der Waals surface area contributed by atoms with Gasteiger partial charge in [-0.1, -0.05) is 71.1 Å². The fourth-order valence-electron chi connectivity index (χ4n) is 3.43. The third kappa shape index (κ3) is 3.98. The van der Waals surface area contributed by atoms with E-state index in [4.69, 9.17) is 4.74 Å². The lowest BCUT2D eigenvalue weighted by Gasteiger charge is -2.13. The van der Waals surface area contributed by atoms with E-state index in [1.54, 1.807) is 0 Å². The van der Waals surface area contributed by atoms with Gasteiger partial charge in [0.1, 0.15) is 0 Å². The number of unbranched alkanes of at least 4 members (excludes halogenated alkanes) is 1. The quantitative estimate of drug-likeness (QED) is 0.613. The molecule has 1 nitrogen and oxygen atoms in total. The van der Waals surface area contributed by atoms with Crippen LogP contribution in [0.25, 0.3) is 0 Å². The number of hydrogen-bond donors (Lipinski definition) is 0. The average Bonchev–Trinajstić information content (AvgIpc) is 3.01. The van der Waals surface area contributed by atoms with Crippen molar-refractivity contribution >= 4 is 0 Å². The molecule has 0 aromatic carbocycles.